The van der Waals surface area contributed by atoms with Gasteiger partial charge >= 0.3 is 5.97 Å². The molecule has 0 saturated carbocycles. The second-order valence-corrected chi connectivity index (χ2v) is 3.48. The summed E-state index contributed by atoms with van der Waals surface area (Å²) in [6, 6.07) is 2.89. The van der Waals surface area contributed by atoms with Crippen LogP contribution in [0.2, 0.25) is 0 Å². The number of phenols is 2. The van der Waals surface area contributed by atoms with Gasteiger partial charge in [0.2, 0.25) is 0 Å². The van der Waals surface area contributed by atoms with Gasteiger partial charge in [-0.1, -0.05) is 6.07 Å². The second-order valence-electron chi connectivity index (χ2n) is 3.48. The minimum Gasteiger partial charge on any atom is -0.504 e. The van der Waals surface area contributed by atoms with Gasteiger partial charge in [-0.3, -0.25) is 4.79 Å². The molecule has 2 atom stereocenters. The fraction of sp³-hybridized carbons (Fsp3) is 0.364. The van der Waals surface area contributed by atoms with Crippen LogP contribution in [-0.2, 0) is 9.53 Å². The van der Waals surface area contributed by atoms with Crippen molar-refractivity contribution in [2.24, 2.45) is 0 Å². The molecule has 0 aliphatic carbocycles. The van der Waals surface area contributed by atoms with Crippen LogP contribution < -0.4 is 5.32 Å². The molecule has 1 rings (SSSR count). The number of aromatic hydroxyl groups is 2. The van der Waals surface area contributed by atoms with Gasteiger partial charge in [-0.15, -0.1) is 0 Å². The number of benzene rings is 1. The van der Waals surface area contributed by atoms with Crippen molar-refractivity contribution >= 4 is 5.97 Å². The summed E-state index contributed by atoms with van der Waals surface area (Å²) >= 11 is 0. The van der Waals surface area contributed by atoms with Crippen molar-refractivity contribution < 1.29 is 24.9 Å². The zero-order chi connectivity index (χ0) is 13.0. The first-order valence-corrected chi connectivity index (χ1v) is 4.96. The van der Waals surface area contributed by atoms with Crippen molar-refractivity contribution in [2.45, 2.75) is 12.1 Å². The van der Waals surface area contributed by atoms with E-state index in [0.717, 1.165) is 0 Å². The standard InChI is InChI=1S/C11H15NO5/c1-12-9(11(16)17-2)10(15)6-3-4-7(13)8(14)5-6/h3-5,9-10,12-15H,1-2H3/t9-,10?/m0/s1. The number of rotatable bonds is 4. The van der Waals surface area contributed by atoms with Crippen molar-refractivity contribution in [1.29, 1.82) is 0 Å². The van der Waals surface area contributed by atoms with Crippen molar-refractivity contribution in [2.75, 3.05) is 14.2 Å². The van der Waals surface area contributed by atoms with Gasteiger partial charge in [0, 0.05) is 0 Å². The Hall–Kier alpha value is -1.79. The molecule has 1 unspecified atom stereocenters. The molecule has 1 aromatic rings. The lowest BCUT2D eigenvalue weighted by molar-refractivity contribution is -0.146. The number of aliphatic hydroxyl groups is 1. The van der Waals surface area contributed by atoms with Gasteiger partial charge in [0.05, 0.1) is 7.11 Å². The molecular weight excluding hydrogens is 226 g/mol. The third kappa shape index (κ3) is 2.86. The van der Waals surface area contributed by atoms with Crippen molar-refractivity contribution in [1.82, 2.24) is 5.32 Å². The van der Waals surface area contributed by atoms with Crippen molar-refractivity contribution in [3.05, 3.63) is 23.8 Å². The van der Waals surface area contributed by atoms with Gasteiger partial charge in [0.1, 0.15) is 12.1 Å². The number of phenolic OH excluding ortho intramolecular Hbond substituents is 2. The van der Waals surface area contributed by atoms with Crippen LogP contribution in [0.3, 0.4) is 0 Å². The highest BCUT2D eigenvalue weighted by Gasteiger charge is 2.27. The minimum atomic E-state index is -1.18. The summed E-state index contributed by atoms with van der Waals surface area (Å²) in [5.74, 6) is -1.27. The van der Waals surface area contributed by atoms with Crippen LogP contribution in [-0.4, -0.2) is 41.5 Å². The molecule has 1 aromatic carbocycles. The number of ether oxygens (including phenoxy) is 1. The normalized spacial score (nSPS) is 14.1. The molecule has 0 aromatic heterocycles. The molecule has 0 spiro atoms. The Morgan fingerprint density at radius 2 is 2.00 bits per heavy atom. The number of esters is 1. The summed E-state index contributed by atoms with van der Waals surface area (Å²) in [5.41, 5.74) is 0.296. The fourth-order valence-corrected chi connectivity index (χ4v) is 1.45. The topological polar surface area (TPSA) is 99.0 Å². The predicted molar refractivity (Wildman–Crippen MR) is 59.6 cm³/mol. The predicted octanol–water partition coefficient (Wildman–Crippen LogP) is -0.108. The maximum atomic E-state index is 11.4. The average molecular weight is 241 g/mol. The molecular formula is C11H15NO5. The number of carbonyl (C=O) groups is 1. The van der Waals surface area contributed by atoms with E-state index in [1.807, 2.05) is 0 Å². The zero-order valence-corrected chi connectivity index (χ0v) is 9.54. The lowest BCUT2D eigenvalue weighted by atomic mass is 10.0. The van der Waals surface area contributed by atoms with Gasteiger partial charge in [-0.2, -0.15) is 0 Å². The van der Waals surface area contributed by atoms with E-state index in [9.17, 15) is 15.0 Å². The summed E-state index contributed by atoms with van der Waals surface area (Å²) < 4.78 is 4.53. The van der Waals surface area contributed by atoms with Gasteiger partial charge < -0.3 is 25.4 Å². The van der Waals surface area contributed by atoms with E-state index >= 15 is 0 Å². The molecule has 0 fully saturated rings. The number of likely N-dealkylation sites (N-methyl/N-ethyl adjacent to an activating group) is 1. The smallest absolute Gasteiger partial charge is 0.325 e. The number of carbonyl (C=O) groups excluding carboxylic acids is 1. The Labute approximate surface area is 98.5 Å². The van der Waals surface area contributed by atoms with E-state index in [1.165, 1.54) is 32.4 Å². The summed E-state index contributed by atoms with van der Waals surface area (Å²) in [6.45, 7) is 0. The van der Waals surface area contributed by atoms with Crippen LogP contribution in [0.1, 0.15) is 11.7 Å². The summed E-state index contributed by atoms with van der Waals surface area (Å²) in [7, 11) is 2.72. The molecule has 0 saturated heterocycles. The summed E-state index contributed by atoms with van der Waals surface area (Å²) in [5, 5.41) is 31.0. The van der Waals surface area contributed by atoms with Crippen molar-refractivity contribution in [3.63, 3.8) is 0 Å². The highest BCUT2D eigenvalue weighted by atomic mass is 16.5. The maximum Gasteiger partial charge on any atom is 0.325 e. The molecule has 17 heavy (non-hydrogen) atoms. The highest BCUT2D eigenvalue weighted by Crippen LogP contribution is 2.29. The minimum absolute atomic E-state index is 0.292. The van der Waals surface area contributed by atoms with Crippen LogP contribution in [0.4, 0.5) is 0 Å². The zero-order valence-electron chi connectivity index (χ0n) is 9.54. The maximum absolute atomic E-state index is 11.4. The second kappa shape index (κ2) is 5.51. The number of hydrogen-bond donors (Lipinski definition) is 4. The first-order valence-electron chi connectivity index (χ1n) is 4.96. The number of nitrogens with one attached hydrogen (secondary N) is 1. The first-order chi connectivity index (χ1) is 8.01. The lowest BCUT2D eigenvalue weighted by Gasteiger charge is -2.20. The molecule has 0 aliphatic rings. The molecule has 0 heterocycles. The van der Waals surface area contributed by atoms with E-state index in [1.54, 1.807) is 0 Å². The molecule has 6 heteroatoms. The highest BCUT2D eigenvalue weighted by molar-refractivity contribution is 5.76. The molecule has 4 N–H and O–H groups in total. The Morgan fingerprint density at radius 1 is 1.35 bits per heavy atom. The van der Waals surface area contributed by atoms with E-state index in [0.29, 0.717) is 5.56 Å². The van der Waals surface area contributed by atoms with E-state index in [-0.39, 0.29) is 11.5 Å². The molecule has 0 aliphatic heterocycles. The number of hydrogen-bond acceptors (Lipinski definition) is 6. The van der Waals surface area contributed by atoms with Crippen LogP contribution >= 0.6 is 0 Å². The molecule has 6 nitrogen and oxygen atoms in total. The van der Waals surface area contributed by atoms with E-state index in [2.05, 4.69) is 10.1 Å². The molecule has 94 valence electrons. The average Bonchev–Trinajstić information content (AvgIpc) is 2.33. The third-order valence-corrected chi connectivity index (χ3v) is 2.42. The van der Waals surface area contributed by atoms with Crippen molar-refractivity contribution in [3.8, 4) is 11.5 Å². The first kappa shape index (κ1) is 13.3. The number of methoxy groups -OCH3 is 1. The summed E-state index contributed by atoms with van der Waals surface area (Å²) in [6.07, 6.45) is -1.18. The Bertz CT molecular complexity index is 407. The van der Waals surface area contributed by atoms with Gasteiger partial charge in [-0.25, -0.2) is 0 Å². The largest absolute Gasteiger partial charge is 0.504 e. The van der Waals surface area contributed by atoms with Gasteiger partial charge in [0.15, 0.2) is 11.5 Å². The summed E-state index contributed by atoms with van der Waals surface area (Å²) in [4.78, 5) is 11.4. The van der Waals surface area contributed by atoms with Gasteiger partial charge in [-0.05, 0) is 24.7 Å². The Balaban J connectivity index is 2.97. The van der Waals surface area contributed by atoms with Gasteiger partial charge in [0.25, 0.3) is 0 Å². The van der Waals surface area contributed by atoms with Crippen LogP contribution in [0.5, 0.6) is 11.5 Å². The SMILES string of the molecule is CN[C@H](C(=O)OC)C(O)c1ccc(O)c(O)c1. The lowest BCUT2D eigenvalue weighted by Crippen LogP contribution is -2.40. The molecule has 0 amide bonds. The fourth-order valence-electron chi connectivity index (χ4n) is 1.45. The Morgan fingerprint density at radius 3 is 2.47 bits per heavy atom. The third-order valence-electron chi connectivity index (χ3n) is 2.42. The van der Waals surface area contributed by atoms with E-state index in [4.69, 9.17) is 5.11 Å². The number of aliphatic hydroxyl groups excluding tert-OH is 1. The molecule has 0 bridgehead atoms. The Kier molecular flexibility index (Phi) is 4.30. The van der Waals surface area contributed by atoms with E-state index < -0.39 is 18.1 Å². The van der Waals surface area contributed by atoms with Crippen LogP contribution in [0.25, 0.3) is 0 Å². The quantitative estimate of drug-likeness (QED) is 0.434. The monoisotopic (exact) mass is 241 g/mol. The van der Waals surface area contributed by atoms with Crippen LogP contribution in [0, 0.1) is 0 Å². The van der Waals surface area contributed by atoms with Crippen LogP contribution in [0.15, 0.2) is 18.2 Å². The molecule has 0 radical (unpaired) electrons.